The van der Waals surface area contributed by atoms with Crippen LogP contribution in [0.1, 0.15) is 43.4 Å². The molecule has 1 fully saturated rings. The second-order valence-electron chi connectivity index (χ2n) is 6.40. The Kier molecular flexibility index (Phi) is 5.48. The number of amides is 2. The van der Waals surface area contributed by atoms with Crippen molar-refractivity contribution in [3.63, 3.8) is 0 Å². The number of benzene rings is 1. The van der Waals surface area contributed by atoms with Crippen molar-refractivity contribution in [3.8, 4) is 0 Å². The molecular weight excluding hydrogens is 308 g/mol. The molecule has 2 atom stereocenters. The molecule has 3 rings (SSSR count). The molecule has 130 valence electrons. The van der Waals surface area contributed by atoms with Gasteiger partial charge in [-0.15, -0.1) is 0 Å². The Morgan fingerprint density at radius 2 is 2.33 bits per heavy atom. The van der Waals surface area contributed by atoms with E-state index in [1.807, 2.05) is 25.1 Å². The van der Waals surface area contributed by atoms with Gasteiger partial charge in [0.15, 0.2) is 0 Å². The van der Waals surface area contributed by atoms with E-state index in [1.165, 1.54) is 0 Å². The molecular formula is C18H24N2O4. The van der Waals surface area contributed by atoms with Crippen molar-refractivity contribution >= 4 is 17.5 Å². The van der Waals surface area contributed by atoms with Crippen molar-refractivity contribution in [2.75, 3.05) is 25.1 Å². The second kappa shape index (κ2) is 7.77. The van der Waals surface area contributed by atoms with Gasteiger partial charge in [0, 0.05) is 18.7 Å². The summed E-state index contributed by atoms with van der Waals surface area (Å²) in [6.45, 7) is 3.25. The first-order chi connectivity index (χ1) is 11.6. The van der Waals surface area contributed by atoms with Gasteiger partial charge >= 0.3 is 0 Å². The van der Waals surface area contributed by atoms with Gasteiger partial charge in [0.2, 0.25) is 11.8 Å². The molecule has 0 aliphatic carbocycles. The Hall–Kier alpha value is -1.92. The number of aryl methyl sites for hydroxylation is 1. The molecule has 0 saturated carbocycles. The summed E-state index contributed by atoms with van der Waals surface area (Å²) in [6.07, 6.45) is 3.44. The van der Waals surface area contributed by atoms with Gasteiger partial charge in [-0.3, -0.25) is 9.59 Å². The minimum absolute atomic E-state index is 0.0468. The molecule has 2 amide bonds. The number of anilines is 1. The van der Waals surface area contributed by atoms with Crippen LogP contribution in [-0.4, -0.2) is 37.7 Å². The van der Waals surface area contributed by atoms with Crippen molar-refractivity contribution < 1.29 is 19.1 Å². The molecule has 6 heteroatoms. The molecule has 2 aliphatic rings. The van der Waals surface area contributed by atoms with Crippen molar-refractivity contribution in [1.29, 1.82) is 0 Å². The van der Waals surface area contributed by atoms with Gasteiger partial charge in [-0.2, -0.15) is 0 Å². The minimum atomic E-state index is -0.133. The molecule has 2 heterocycles. The fraction of sp³-hybridized carbons (Fsp3) is 0.556. The van der Waals surface area contributed by atoms with E-state index in [0.29, 0.717) is 13.0 Å². The maximum atomic E-state index is 12.0. The number of nitrogens with one attached hydrogen (secondary N) is 2. The summed E-state index contributed by atoms with van der Waals surface area (Å²) in [6, 6.07) is 5.78. The Morgan fingerprint density at radius 1 is 1.46 bits per heavy atom. The summed E-state index contributed by atoms with van der Waals surface area (Å²) in [5.74, 6) is -0.0773. The Morgan fingerprint density at radius 3 is 3.12 bits per heavy atom. The van der Waals surface area contributed by atoms with Crippen LogP contribution in [0.2, 0.25) is 0 Å². The molecule has 1 aromatic rings. The van der Waals surface area contributed by atoms with Crippen LogP contribution in [0.5, 0.6) is 0 Å². The highest BCUT2D eigenvalue weighted by atomic mass is 16.5. The van der Waals surface area contributed by atoms with Crippen LogP contribution in [0.3, 0.4) is 0 Å². The zero-order valence-corrected chi connectivity index (χ0v) is 14.0. The summed E-state index contributed by atoms with van der Waals surface area (Å²) in [5.41, 5.74) is 3.01. The molecule has 0 radical (unpaired) electrons. The quantitative estimate of drug-likeness (QED) is 0.835. The summed E-state index contributed by atoms with van der Waals surface area (Å²) < 4.78 is 10.9. The number of hydrogen-bond donors (Lipinski definition) is 2. The lowest BCUT2D eigenvalue weighted by molar-refractivity contribution is -0.127. The number of rotatable bonds is 6. The van der Waals surface area contributed by atoms with Crippen LogP contribution < -0.4 is 10.6 Å². The number of hydrogen-bond acceptors (Lipinski definition) is 4. The summed E-state index contributed by atoms with van der Waals surface area (Å²) in [4.78, 5) is 23.4. The average Bonchev–Trinajstić information content (AvgIpc) is 3.07. The summed E-state index contributed by atoms with van der Waals surface area (Å²) in [7, 11) is 0. The normalized spacial score (nSPS) is 21.0. The molecule has 0 unspecified atom stereocenters. The van der Waals surface area contributed by atoms with Gasteiger partial charge in [0.05, 0.1) is 18.8 Å². The smallest absolute Gasteiger partial charge is 0.246 e. The monoisotopic (exact) mass is 332 g/mol. The number of carbonyl (C=O) groups is 2. The van der Waals surface area contributed by atoms with Crippen LogP contribution in [0.4, 0.5) is 5.69 Å². The lowest BCUT2D eigenvalue weighted by Gasteiger charge is -2.20. The molecule has 2 aliphatic heterocycles. The molecule has 2 N–H and O–H groups in total. The van der Waals surface area contributed by atoms with Crippen molar-refractivity contribution in [1.82, 2.24) is 5.32 Å². The van der Waals surface area contributed by atoms with Gasteiger partial charge in [-0.05, 0) is 43.4 Å². The van der Waals surface area contributed by atoms with Crippen molar-refractivity contribution in [2.24, 2.45) is 0 Å². The third-order valence-electron chi connectivity index (χ3n) is 4.46. The van der Waals surface area contributed by atoms with Crippen molar-refractivity contribution in [2.45, 2.75) is 44.8 Å². The third kappa shape index (κ3) is 4.33. The van der Waals surface area contributed by atoms with Crippen LogP contribution in [0.25, 0.3) is 0 Å². The van der Waals surface area contributed by atoms with E-state index < -0.39 is 0 Å². The fourth-order valence-corrected chi connectivity index (χ4v) is 3.10. The lowest BCUT2D eigenvalue weighted by atomic mass is 9.98. The maximum Gasteiger partial charge on any atom is 0.246 e. The first-order valence-corrected chi connectivity index (χ1v) is 8.53. The molecule has 24 heavy (non-hydrogen) atoms. The zero-order chi connectivity index (χ0) is 16.9. The van der Waals surface area contributed by atoms with Crippen LogP contribution in [-0.2, 0) is 25.5 Å². The number of carbonyl (C=O) groups excluding carboxylic acids is 2. The first-order valence-electron chi connectivity index (χ1n) is 8.53. The minimum Gasteiger partial charge on any atom is -0.376 e. The molecule has 6 nitrogen and oxygen atoms in total. The van der Waals surface area contributed by atoms with E-state index in [2.05, 4.69) is 10.6 Å². The van der Waals surface area contributed by atoms with Gasteiger partial charge in [0.1, 0.15) is 6.61 Å². The van der Waals surface area contributed by atoms with E-state index in [9.17, 15) is 9.59 Å². The lowest BCUT2D eigenvalue weighted by Crippen LogP contribution is -2.31. The maximum absolute atomic E-state index is 12.0. The van der Waals surface area contributed by atoms with Crippen LogP contribution in [0, 0.1) is 0 Å². The van der Waals surface area contributed by atoms with Gasteiger partial charge in [0.25, 0.3) is 0 Å². The highest BCUT2D eigenvalue weighted by molar-refractivity contribution is 5.93. The van der Waals surface area contributed by atoms with E-state index in [4.69, 9.17) is 9.47 Å². The third-order valence-corrected chi connectivity index (χ3v) is 4.46. The van der Waals surface area contributed by atoms with Gasteiger partial charge < -0.3 is 20.1 Å². The second-order valence-corrected chi connectivity index (χ2v) is 6.40. The van der Waals surface area contributed by atoms with Crippen molar-refractivity contribution in [3.05, 3.63) is 29.3 Å². The number of ether oxygens (including phenoxy) is 2. The Balaban J connectivity index is 1.48. The zero-order valence-electron chi connectivity index (χ0n) is 14.0. The number of fused-ring (bicyclic) bond motifs is 1. The van der Waals surface area contributed by atoms with E-state index >= 15 is 0 Å². The standard InChI is InChI=1S/C18H24N2O4/c1-12(19-18(22)11-23-10-15-3-2-8-24-15)13-4-6-16-14(9-13)5-7-17(21)20-16/h4,6,9,12,15H,2-3,5,7-8,10-11H2,1H3,(H,19,22)(H,20,21)/t12-,15+/m1/s1. The summed E-state index contributed by atoms with van der Waals surface area (Å²) >= 11 is 0. The molecule has 0 aromatic heterocycles. The van der Waals surface area contributed by atoms with Crippen LogP contribution >= 0.6 is 0 Å². The molecule has 1 saturated heterocycles. The van der Waals surface area contributed by atoms with Crippen LogP contribution in [0.15, 0.2) is 18.2 Å². The van der Waals surface area contributed by atoms with E-state index in [1.54, 1.807) is 0 Å². The SMILES string of the molecule is C[C@@H](NC(=O)COC[C@@H]1CCCO1)c1ccc2c(c1)CCC(=O)N2. The predicted molar refractivity (Wildman–Crippen MR) is 89.7 cm³/mol. The largest absolute Gasteiger partial charge is 0.376 e. The Bertz CT molecular complexity index is 611. The highest BCUT2D eigenvalue weighted by Crippen LogP contribution is 2.26. The van der Waals surface area contributed by atoms with Gasteiger partial charge in [-0.25, -0.2) is 0 Å². The first kappa shape index (κ1) is 16.9. The molecule has 0 spiro atoms. The molecule has 1 aromatic carbocycles. The fourth-order valence-electron chi connectivity index (χ4n) is 3.10. The average molecular weight is 332 g/mol. The summed E-state index contributed by atoms with van der Waals surface area (Å²) in [5, 5.41) is 5.81. The predicted octanol–water partition coefficient (Wildman–Crippen LogP) is 1.94. The van der Waals surface area contributed by atoms with E-state index in [0.717, 1.165) is 42.7 Å². The highest BCUT2D eigenvalue weighted by Gasteiger charge is 2.18. The van der Waals surface area contributed by atoms with E-state index in [-0.39, 0.29) is 30.6 Å². The van der Waals surface area contributed by atoms with Gasteiger partial charge in [-0.1, -0.05) is 12.1 Å². The molecule has 0 bridgehead atoms. The topological polar surface area (TPSA) is 76.7 Å². The Labute approximate surface area is 141 Å².